The van der Waals surface area contributed by atoms with E-state index < -0.39 is 0 Å². The first-order valence-electron chi connectivity index (χ1n) is 7.29. The minimum Gasteiger partial charge on any atom is -0.488 e. The molecule has 0 atom stereocenters. The Morgan fingerprint density at radius 3 is 2.77 bits per heavy atom. The summed E-state index contributed by atoms with van der Waals surface area (Å²) in [6.45, 7) is 1.27. The Balaban J connectivity index is 1.60. The first-order valence-corrected chi connectivity index (χ1v) is 8.06. The van der Waals surface area contributed by atoms with Crippen LogP contribution in [0, 0.1) is 0 Å². The maximum absolute atomic E-state index is 11.9. The summed E-state index contributed by atoms with van der Waals surface area (Å²) in [5, 5.41) is 0. The number of carbonyl (C=O) groups excluding carboxylic acids is 1. The van der Waals surface area contributed by atoms with E-state index in [4.69, 9.17) is 9.47 Å². The molecule has 6 heteroatoms. The molecule has 0 aliphatic carbocycles. The number of anilines is 1. The molecule has 1 amide bonds. The van der Waals surface area contributed by atoms with Gasteiger partial charge in [-0.05, 0) is 48.6 Å². The van der Waals surface area contributed by atoms with Gasteiger partial charge in [0.15, 0.2) is 0 Å². The van der Waals surface area contributed by atoms with Crippen LogP contribution in [0.5, 0.6) is 11.6 Å². The molecule has 0 bridgehead atoms. The lowest BCUT2D eigenvalue weighted by Gasteiger charge is -2.26. The van der Waals surface area contributed by atoms with Gasteiger partial charge >= 0.3 is 0 Å². The molecule has 0 saturated carbocycles. The average Bonchev–Trinajstić information content (AvgIpc) is 3.02. The molecule has 0 N–H and O–H groups in total. The third kappa shape index (κ3) is 3.39. The van der Waals surface area contributed by atoms with Crippen molar-refractivity contribution in [1.82, 2.24) is 4.37 Å². The number of ether oxygens (including phenoxy) is 2. The van der Waals surface area contributed by atoms with Crippen molar-refractivity contribution in [3.05, 3.63) is 35.2 Å². The van der Waals surface area contributed by atoms with Crippen LogP contribution in [0.4, 0.5) is 5.69 Å². The second kappa shape index (κ2) is 6.79. The third-order valence-corrected chi connectivity index (χ3v) is 4.34. The number of carbonyl (C=O) groups is 1. The Morgan fingerprint density at radius 2 is 2.09 bits per heavy atom. The molecule has 1 fully saturated rings. The zero-order valence-electron chi connectivity index (χ0n) is 12.4. The fraction of sp³-hybridized carbons (Fsp3) is 0.375. The minimum atomic E-state index is 0.205. The number of hydrogen-bond donors (Lipinski definition) is 0. The second-order valence-corrected chi connectivity index (χ2v) is 6.01. The quantitative estimate of drug-likeness (QED) is 0.849. The highest BCUT2D eigenvalue weighted by atomic mass is 32.1. The number of amides is 1. The van der Waals surface area contributed by atoms with Crippen molar-refractivity contribution in [2.45, 2.75) is 25.9 Å². The van der Waals surface area contributed by atoms with Crippen molar-refractivity contribution in [2.24, 2.45) is 0 Å². The highest BCUT2D eigenvalue weighted by Crippen LogP contribution is 2.24. The van der Waals surface area contributed by atoms with Crippen LogP contribution in [0.15, 0.2) is 30.3 Å². The Bertz CT molecular complexity index is 639. The van der Waals surface area contributed by atoms with E-state index in [0.29, 0.717) is 18.9 Å². The van der Waals surface area contributed by atoms with E-state index in [-0.39, 0.29) is 5.91 Å². The number of methoxy groups -OCH3 is 1. The number of aromatic nitrogens is 1. The first-order chi connectivity index (χ1) is 10.8. The molecular weight excluding hydrogens is 300 g/mol. The van der Waals surface area contributed by atoms with Gasteiger partial charge in [-0.25, -0.2) is 0 Å². The van der Waals surface area contributed by atoms with Crippen molar-refractivity contribution in [3.8, 4) is 11.6 Å². The fourth-order valence-electron chi connectivity index (χ4n) is 2.41. The van der Waals surface area contributed by atoms with E-state index in [0.717, 1.165) is 35.7 Å². The van der Waals surface area contributed by atoms with Crippen LogP contribution in [0.2, 0.25) is 0 Å². The van der Waals surface area contributed by atoms with Gasteiger partial charge in [0.05, 0.1) is 12.0 Å². The molecule has 1 aromatic carbocycles. The largest absolute Gasteiger partial charge is 0.488 e. The van der Waals surface area contributed by atoms with Crippen molar-refractivity contribution in [1.29, 1.82) is 0 Å². The SMILES string of the molecule is COc1cc(COc2ccc(N3CCCCC3=O)cc2)sn1. The predicted octanol–water partition coefficient (Wildman–Crippen LogP) is 3.25. The molecule has 5 nitrogen and oxygen atoms in total. The summed E-state index contributed by atoms with van der Waals surface area (Å²) >= 11 is 1.37. The molecule has 1 aliphatic rings. The van der Waals surface area contributed by atoms with Gasteiger partial charge in [0, 0.05) is 24.7 Å². The van der Waals surface area contributed by atoms with Crippen LogP contribution in [0.3, 0.4) is 0 Å². The van der Waals surface area contributed by atoms with Crippen LogP contribution < -0.4 is 14.4 Å². The van der Waals surface area contributed by atoms with E-state index in [9.17, 15) is 4.79 Å². The number of hydrogen-bond acceptors (Lipinski definition) is 5. The van der Waals surface area contributed by atoms with E-state index in [1.807, 2.05) is 35.2 Å². The summed E-state index contributed by atoms with van der Waals surface area (Å²) in [6, 6.07) is 9.54. The van der Waals surface area contributed by atoms with Gasteiger partial charge in [-0.2, -0.15) is 4.37 Å². The summed E-state index contributed by atoms with van der Waals surface area (Å²) in [5.41, 5.74) is 0.941. The molecule has 0 unspecified atom stereocenters. The molecule has 0 radical (unpaired) electrons. The number of nitrogens with zero attached hydrogens (tertiary/aromatic N) is 2. The summed E-state index contributed by atoms with van der Waals surface area (Å²) in [7, 11) is 1.60. The first kappa shape index (κ1) is 14.8. The Morgan fingerprint density at radius 1 is 1.27 bits per heavy atom. The van der Waals surface area contributed by atoms with E-state index in [1.54, 1.807) is 7.11 Å². The smallest absolute Gasteiger partial charge is 0.226 e. The Hall–Kier alpha value is -2.08. The predicted molar refractivity (Wildman–Crippen MR) is 85.6 cm³/mol. The van der Waals surface area contributed by atoms with E-state index in [2.05, 4.69) is 4.37 Å². The summed E-state index contributed by atoms with van der Waals surface area (Å²) in [4.78, 5) is 14.8. The molecule has 0 spiro atoms. The zero-order chi connectivity index (χ0) is 15.4. The van der Waals surface area contributed by atoms with E-state index >= 15 is 0 Å². The zero-order valence-corrected chi connectivity index (χ0v) is 13.3. The topological polar surface area (TPSA) is 51.7 Å². The van der Waals surface area contributed by atoms with E-state index in [1.165, 1.54) is 11.5 Å². The Kier molecular flexibility index (Phi) is 4.58. The lowest BCUT2D eigenvalue weighted by atomic mass is 10.1. The monoisotopic (exact) mass is 318 g/mol. The van der Waals surface area contributed by atoms with Gasteiger partial charge < -0.3 is 14.4 Å². The van der Waals surface area contributed by atoms with Crippen LogP contribution in [0.25, 0.3) is 0 Å². The molecule has 2 heterocycles. The maximum atomic E-state index is 11.9. The van der Waals surface area contributed by atoms with Crippen LogP contribution in [-0.2, 0) is 11.4 Å². The van der Waals surface area contributed by atoms with Crippen molar-refractivity contribution >= 4 is 23.1 Å². The molecule has 1 aliphatic heterocycles. The second-order valence-electron chi connectivity index (χ2n) is 5.12. The Labute approximate surface area is 133 Å². The van der Waals surface area contributed by atoms with Crippen LogP contribution in [-0.4, -0.2) is 23.9 Å². The number of benzene rings is 1. The maximum Gasteiger partial charge on any atom is 0.226 e. The molecule has 22 heavy (non-hydrogen) atoms. The standard InChI is InChI=1S/C16H18N2O3S/c1-20-15-10-14(22-17-15)11-21-13-7-5-12(6-8-13)18-9-3-2-4-16(18)19/h5-8,10H,2-4,9,11H2,1H3. The van der Waals surface area contributed by atoms with Crippen LogP contribution in [0.1, 0.15) is 24.1 Å². The lowest BCUT2D eigenvalue weighted by molar-refractivity contribution is -0.119. The molecular formula is C16H18N2O3S. The number of rotatable bonds is 5. The highest BCUT2D eigenvalue weighted by Gasteiger charge is 2.19. The fourth-order valence-corrected chi connectivity index (χ4v) is 3.01. The summed E-state index contributed by atoms with van der Waals surface area (Å²) in [6.07, 6.45) is 2.71. The summed E-state index contributed by atoms with van der Waals surface area (Å²) in [5.74, 6) is 1.60. The van der Waals surface area contributed by atoms with Gasteiger partial charge in [0.1, 0.15) is 12.4 Å². The lowest BCUT2D eigenvalue weighted by Crippen LogP contribution is -2.35. The molecule has 1 saturated heterocycles. The minimum absolute atomic E-state index is 0.205. The molecule has 1 aromatic heterocycles. The van der Waals surface area contributed by atoms with Crippen molar-refractivity contribution in [2.75, 3.05) is 18.6 Å². The molecule has 2 aromatic rings. The number of piperidine rings is 1. The van der Waals surface area contributed by atoms with Crippen LogP contribution >= 0.6 is 11.5 Å². The van der Waals surface area contributed by atoms with Gasteiger partial charge in [0.25, 0.3) is 0 Å². The van der Waals surface area contributed by atoms with Gasteiger partial charge in [-0.3, -0.25) is 4.79 Å². The van der Waals surface area contributed by atoms with Gasteiger partial charge in [-0.1, -0.05) is 0 Å². The molecule has 116 valence electrons. The third-order valence-electron chi connectivity index (χ3n) is 3.60. The average molecular weight is 318 g/mol. The van der Waals surface area contributed by atoms with Crippen molar-refractivity contribution in [3.63, 3.8) is 0 Å². The highest BCUT2D eigenvalue weighted by molar-refractivity contribution is 7.05. The van der Waals surface area contributed by atoms with Gasteiger partial charge in [-0.15, -0.1) is 0 Å². The summed E-state index contributed by atoms with van der Waals surface area (Å²) < 4.78 is 14.9. The normalized spacial score (nSPS) is 15.0. The van der Waals surface area contributed by atoms with Gasteiger partial charge in [0.2, 0.25) is 11.8 Å². The molecule has 3 rings (SSSR count). The van der Waals surface area contributed by atoms with Crippen molar-refractivity contribution < 1.29 is 14.3 Å².